The number of fused-ring (bicyclic) bond motifs is 3. The van der Waals surface area contributed by atoms with E-state index in [1.54, 1.807) is 0 Å². The van der Waals surface area contributed by atoms with Gasteiger partial charge in [-0.25, -0.2) is 9.59 Å². The molecule has 1 heterocycles. The third-order valence-electron chi connectivity index (χ3n) is 7.21. The number of alkyl carbamates (subject to hydrolysis) is 1. The lowest BCUT2D eigenvalue weighted by molar-refractivity contribution is -0.153. The Hall–Kier alpha value is -3.35. The summed E-state index contributed by atoms with van der Waals surface area (Å²) in [5, 5.41) is 12.3. The molecule has 186 valence electrons. The molecule has 0 aromatic heterocycles. The Labute approximate surface area is 206 Å². The molecule has 2 aromatic carbocycles. The first-order valence-corrected chi connectivity index (χ1v) is 12.5. The SMILES string of the molecule is CC1CCN(C(=O)CCCC(C)NC(=O)OCC2c3ccccc3-c3ccccc32)C(C(=O)O)C1. The normalized spacial score (nSPS) is 20.0. The van der Waals surface area contributed by atoms with Crippen molar-refractivity contribution < 1.29 is 24.2 Å². The van der Waals surface area contributed by atoms with Crippen molar-refractivity contribution >= 4 is 18.0 Å². The minimum Gasteiger partial charge on any atom is -0.480 e. The number of hydrogen-bond acceptors (Lipinski definition) is 4. The Balaban J connectivity index is 1.23. The van der Waals surface area contributed by atoms with Crippen LogP contribution >= 0.6 is 0 Å². The van der Waals surface area contributed by atoms with Gasteiger partial charge in [0.25, 0.3) is 0 Å². The van der Waals surface area contributed by atoms with Crippen LogP contribution in [0.2, 0.25) is 0 Å². The molecular formula is C28H34N2O5. The Morgan fingerprint density at radius 3 is 2.34 bits per heavy atom. The molecule has 3 unspecified atom stereocenters. The molecule has 0 bridgehead atoms. The third kappa shape index (κ3) is 5.66. The molecule has 1 fully saturated rings. The highest BCUT2D eigenvalue weighted by atomic mass is 16.5. The zero-order valence-corrected chi connectivity index (χ0v) is 20.4. The van der Waals surface area contributed by atoms with E-state index in [2.05, 4.69) is 29.6 Å². The highest BCUT2D eigenvalue weighted by Gasteiger charge is 2.34. The first kappa shape index (κ1) is 24.8. The number of nitrogens with one attached hydrogen (secondary N) is 1. The van der Waals surface area contributed by atoms with Crippen molar-refractivity contribution in [1.82, 2.24) is 10.2 Å². The van der Waals surface area contributed by atoms with Crippen molar-refractivity contribution in [2.45, 2.75) is 64.0 Å². The number of amides is 2. The van der Waals surface area contributed by atoms with Crippen molar-refractivity contribution in [3.63, 3.8) is 0 Å². The minimum absolute atomic E-state index is 0.00974. The first-order chi connectivity index (χ1) is 16.8. The Morgan fingerprint density at radius 2 is 1.71 bits per heavy atom. The predicted molar refractivity (Wildman–Crippen MR) is 133 cm³/mol. The number of aliphatic carboxylic acids is 1. The van der Waals surface area contributed by atoms with Gasteiger partial charge in [-0.3, -0.25) is 4.79 Å². The molecule has 2 aliphatic rings. The molecule has 1 saturated heterocycles. The van der Waals surface area contributed by atoms with Crippen molar-refractivity contribution in [3.05, 3.63) is 59.7 Å². The fourth-order valence-electron chi connectivity index (χ4n) is 5.29. The summed E-state index contributed by atoms with van der Waals surface area (Å²) in [6.07, 6.45) is 2.31. The van der Waals surface area contributed by atoms with Crippen LogP contribution < -0.4 is 5.32 Å². The molecule has 7 nitrogen and oxygen atoms in total. The zero-order valence-electron chi connectivity index (χ0n) is 20.4. The third-order valence-corrected chi connectivity index (χ3v) is 7.21. The van der Waals surface area contributed by atoms with Crippen molar-refractivity contribution in [1.29, 1.82) is 0 Å². The quantitative estimate of drug-likeness (QED) is 0.568. The van der Waals surface area contributed by atoms with E-state index in [0.717, 1.165) is 6.42 Å². The predicted octanol–water partition coefficient (Wildman–Crippen LogP) is 4.80. The van der Waals surface area contributed by atoms with Crippen LogP contribution in [-0.2, 0) is 14.3 Å². The lowest BCUT2D eigenvalue weighted by Gasteiger charge is -2.36. The summed E-state index contributed by atoms with van der Waals surface area (Å²) in [7, 11) is 0. The molecule has 2 N–H and O–H groups in total. The van der Waals surface area contributed by atoms with Crippen molar-refractivity contribution in [3.8, 4) is 11.1 Å². The number of hydrogen-bond donors (Lipinski definition) is 2. The number of carboxylic acid groups (broad SMARTS) is 1. The molecule has 1 aliphatic carbocycles. The molecule has 2 aromatic rings. The standard InChI is InChI=1S/C28H34N2O5/c1-18-14-15-30(25(16-18)27(32)33)26(31)13-7-8-19(2)29-28(34)35-17-24-22-11-5-3-9-20(22)21-10-4-6-12-23(21)24/h3-6,9-12,18-19,24-25H,7-8,13-17H2,1-2H3,(H,29,34)(H,32,33). The summed E-state index contributed by atoms with van der Waals surface area (Å²) < 4.78 is 5.59. The van der Waals surface area contributed by atoms with E-state index in [0.29, 0.717) is 31.7 Å². The maximum Gasteiger partial charge on any atom is 0.407 e. The Morgan fingerprint density at radius 1 is 1.09 bits per heavy atom. The van der Waals surface area contributed by atoms with Gasteiger partial charge in [0.2, 0.25) is 5.91 Å². The number of carboxylic acids is 1. The van der Waals surface area contributed by atoms with E-state index in [1.807, 2.05) is 38.1 Å². The summed E-state index contributed by atoms with van der Waals surface area (Å²) >= 11 is 0. The van der Waals surface area contributed by atoms with Gasteiger partial charge in [0, 0.05) is 24.9 Å². The number of piperidine rings is 1. The molecule has 0 saturated carbocycles. The van der Waals surface area contributed by atoms with E-state index in [9.17, 15) is 19.5 Å². The van der Waals surface area contributed by atoms with Gasteiger partial charge in [0.1, 0.15) is 12.6 Å². The molecule has 3 atom stereocenters. The molecule has 0 spiro atoms. The van der Waals surface area contributed by atoms with Gasteiger partial charge in [0.15, 0.2) is 0 Å². The average Bonchev–Trinajstić information content (AvgIpc) is 3.16. The van der Waals surface area contributed by atoms with Crippen LogP contribution in [0.1, 0.15) is 63.0 Å². The van der Waals surface area contributed by atoms with Crippen LogP contribution in [0.15, 0.2) is 48.5 Å². The lowest BCUT2D eigenvalue weighted by Crippen LogP contribution is -2.49. The summed E-state index contributed by atoms with van der Waals surface area (Å²) in [5.41, 5.74) is 4.70. The molecule has 2 amide bonds. The van der Waals surface area contributed by atoms with Gasteiger partial charge < -0.3 is 20.1 Å². The zero-order chi connectivity index (χ0) is 24.9. The van der Waals surface area contributed by atoms with Gasteiger partial charge >= 0.3 is 12.1 Å². The number of carbonyl (C=O) groups excluding carboxylic acids is 2. The maximum atomic E-state index is 12.6. The second kappa shape index (κ2) is 10.9. The van der Waals surface area contributed by atoms with E-state index < -0.39 is 18.1 Å². The molecule has 4 rings (SSSR count). The van der Waals surface area contributed by atoms with Gasteiger partial charge in [-0.15, -0.1) is 0 Å². The number of likely N-dealkylation sites (tertiary alicyclic amines) is 1. The second-order valence-corrected chi connectivity index (χ2v) is 9.83. The van der Waals surface area contributed by atoms with Gasteiger partial charge in [-0.1, -0.05) is 55.5 Å². The lowest BCUT2D eigenvalue weighted by atomic mass is 9.92. The molecule has 35 heavy (non-hydrogen) atoms. The molecule has 0 radical (unpaired) electrons. The Bertz CT molecular complexity index is 1040. The van der Waals surface area contributed by atoms with E-state index in [-0.39, 0.29) is 30.9 Å². The highest BCUT2D eigenvalue weighted by Crippen LogP contribution is 2.44. The van der Waals surface area contributed by atoms with Gasteiger partial charge in [-0.05, 0) is 60.8 Å². The van der Waals surface area contributed by atoms with Crippen LogP contribution in [0.5, 0.6) is 0 Å². The summed E-state index contributed by atoms with van der Waals surface area (Å²) in [4.78, 5) is 38.1. The Kier molecular flexibility index (Phi) is 7.73. The van der Waals surface area contributed by atoms with Crippen molar-refractivity contribution in [2.24, 2.45) is 5.92 Å². The molecule has 1 aliphatic heterocycles. The largest absolute Gasteiger partial charge is 0.480 e. The van der Waals surface area contributed by atoms with E-state index in [1.165, 1.54) is 27.2 Å². The molecular weight excluding hydrogens is 444 g/mol. The summed E-state index contributed by atoms with van der Waals surface area (Å²) in [6.45, 7) is 4.66. The second-order valence-electron chi connectivity index (χ2n) is 9.83. The molecule has 7 heteroatoms. The number of rotatable bonds is 8. The van der Waals surface area contributed by atoms with Crippen LogP contribution in [0, 0.1) is 5.92 Å². The fraction of sp³-hybridized carbons (Fsp3) is 0.464. The smallest absolute Gasteiger partial charge is 0.407 e. The minimum atomic E-state index is -0.935. The highest BCUT2D eigenvalue weighted by molar-refractivity contribution is 5.84. The number of carbonyl (C=O) groups is 3. The fourth-order valence-corrected chi connectivity index (χ4v) is 5.29. The van der Waals surface area contributed by atoms with Gasteiger partial charge in [-0.2, -0.15) is 0 Å². The van der Waals surface area contributed by atoms with Crippen molar-refractivity contribution in [2.75, 3.05) is 13.2 Å². The van der Waals surface area contributed by atoms with E-state index in [4.69, 9.17) is 4.74 Å². The van der Waals surface area contributed by atoms with Crippen LogP contribution in [0.4, 0.5) is 4.79 Å². The number of ether oxygens (including phenoxy) is 1. The summed E-state index contributed by atoms with van der Waals surface area (Å²) in [5.74, 6) is -0.745. The maximum absolute atomic E-state index is 12.6. The number of nitrogens with zero attached hydrogens (tertiary/aromatic N) is 1. The van der Waals surface area contributed by atoms with E-state index >= 15 is 0 Å². The monoisotopic (exact) mass is 478 g/mol. The van der Waals surface area contributed by atoms with Crippen LogP contribution in [-0.4, -0.2) is 53.2 Å². The topological polar surface area (TPSA) is 95.9 Å². The van der Waals surface area contributed by atoms with Crippen LogP contribution in [0.3, 0.4) is 0 Å². The van der Waals surface area contributed by atoms with Crippen LogP contribution in [0.25, 0.3) is 11.1 Å². The summed E-state index contributed by atoms with van der Waals surface area (Å²) in [6, 6.07) is 15.5. The van der Waals surface area contributed by atoms with Gasteiger partial charge in [0.05, 0.1) is 0 Å². The first-order valence-electron chi connectivity index (χ1n) is 12.5. The number of benzene rings is 2. The average molecular weight is 479 g/mol.